The van der Waals surface area contributed by atoms with Crippen LogP contribution < -0.4 is 5.32 Å². The molecule has 0 saturated carbocycles. The van der Waals surface area contributed by atoms with Gasteiger partial charge < -0.3 is 24.6 Å². The van der Waals surface area contributed by atoms with E-state index in [-0.39, 0.29) is 30.2 Å². The van der Waals surface area contributed by atoms with E-state index in [0.29, 0.717) is 12.2 Å². The number of aliphatic hydroxyl groups excluding tert-OH is 1. The highest BCUT2D eigenvalue weighted by Gasteiger charge is 2.46. The Hall–Kier alpha value is -1.88. The number of morpholine rings is 1. The van der Waals surface area contributed by atoms with Crippen molar-refractivity contribution in [3.8, 4) is 0 Å². The SMILES string of the molecule is CCCSc1cc(F)cc(C[C@H](NC(C)=O)[C@H](O)[C@H]2CO[C@@H](OCC(C)(C)C)[C@H](C)N2C(=O)OC(C)(C)C)c1. The fraction of sp³-hybridized carbons (Fsp3) is 0.724. The second-order valence-electron chi connectivity index (χ2n) is 12.4. The van der Waals surface area contributed by atoms with E-state index in [1.165, 1.54) is 24.0 Å². The Morgan fingerprint density at radius 3 is 2.46 bits per heavy atom. The fourth-order valence-corrected chi connectivity index (χ4v) is 5.20. The first kappa shape index (κ1) is 33.3. The highest BCUT2D eigenvalue weighted by Crippen LogP contribution is 2.29. The molecule has 2 N–H and O–H groups in total. The molecule has 1 aliphatic heterocycles. The van der Waals surface area contributed by atoms with Gasteiger partial charge in [-0.3, -0.25) is 9.69 Å². The molecule has 5 atom stereocenters. The Kier molecular flexibility index (Phi) is 12.1. The average Bonchev–Trinajstić information content (AvgIpc) is 2.78. The van der Waals surface area contributed by atoms with Crippen LogP contribution in [0, 0.1) is 11.2 Å². The van der Waals surface area contributed by atoms with Gasteiger partial charge in [0.25, 0.3) is 0 Å². The zero-order valence-electron chi connectivity index (χ0n) is 24.9. The molecule has 39 heavy (non-hydrogen) atoms. The van der Waals surface area contributed by atoms with E-state index in [0.717, 1.165) is 17.1 Å². The van der Waals surface area contributed by atoms with Crippen LogP contribution in [-0.4, -0.2) is 77.1 Å². The summed E-state index contributed by atoms with van der Waals surface area (Å²) in [5.41, 5.74) is -0.255. The number of hydrogen-bond donors (Lipinski definition) is 2. The summed E-state index contributed by atoms with van der Waals surface area (Å²) >= 11 is 1.55. The largest absolute Gasteiger partial charge is 0.444 e. The van der Waals surface area contributed by atoms with Crippen LogP contribution in [0.25, 0.3) is 0 Å². The minimum atomic E-state index is -1.23. The van der Waals surface area contributed by atoms with Gasteiger partial charge in [0.05, 0.1) is 37.4 Å². The maximum atomic E-state index is 14.4. The Balaban J connectivity index is 2.37. The molecular formula is C29H47FN2O6S. The van der Waals surface area contributed by atoms with Crippen molar-refractivity contribution in [1.82, 2.24) is 10.2 Å². The summed E-state index contributed by atoms with van der Waals surface area (Å²) in [4.78, 5) is 27.8. The molecule has 222 valence electrons. The van der Waals surface area contributed by atoms with Crippen molar-refractivity contribution >= 4 is 23.8 Å². The van der Waals surface area contributed by atoms with E-state index < -0.39 is 42.2 Å². The van der Waals surface area contributed by atoms with Gasteiger partial charge in [0.2, 0.25) is 5.91 Å². The maximum absolute atomic E-state index is 14.4. The van der Waals surface area contributed by atoms with E-state index >= 15 is 0 Å². The summed E-state index contributed by atoms with van der Waals surface area (Å²) in [5.74, 6) is 0.114. The van der Waals surface area contributed by atoms with E-state index in [2.05, 4.69) is 12.2 Å². The third-order valence-corrected chi connectivity index (χ3v) is 7.14. The number of carbonyl (C=O) groups excluding carboxylic acids is 2. The molecule has 1 aliphatic rings. The summed E-state index contributed by atoms with van der Waals surface area (Å²) in [6.45, 7) is 17.0. The lowest BCUT2D eigenvalue weighted by Crippen LogP contribution is -2.66. The van der Waals surface area contributed by atoms with Gasteiger partial charge in [0.15, 0.2) is 6.29 Å². The summed E-state index contributed by atoms with van der Waals surface area (Å²) in [7, 11) is 0. The third-order valence-electron chi connectivity index (χ3n) is 5.96. The van der Waals surface area contributed by atoms with Crippen molar-refractivity contribution in [3.63, 3.8) is 0 Å². The molecule has 0 aliphatic carbocycles. The average molecular weight is 571 g/mol. The number of halogens is 1. The van der Waals surface area contributed by atoms with Crippen LogP contribution in [0.5, 0.6) is 0 Å². The quantitative estimate of drug-likeness (QED) is 0.376. The predicted octanol–water partition coefficient (Wildman–Crippen LogP) is 5.15. The monoisotopic (exact) mass is 570 g/mol. The van der Waals surface area contributed by atoms with E-state index in [4.69, 9.17) is 14.2 Å². The van der Waals surface area contributed by atoms with Crippen LogP contribution in [-0.2, 0) is 25.4 Å². The van der Waals surface area contributed by atoms with Crippen molar-refractivity contribution < 1.29 is 33.3 Å². The molecule has 1 heterocycles. The number of nitrogens with one attached hydrogen (secondary N) is 1. The molecule has 0 spiro atoms. The summed E-state index contributed by atoms with van der Waals surface area (Å²) in [6, 6.07) is 2.51. The predicted molar refractivity (Wildman–Crippen MR) is 151 cm³/mol. The van der Waals surface area contributed by atoms with Crippen LogP contribution in [0.4, 0.5) is 9.18 Å². The van der Waals surface area contributed by atoms with E-state index in [1.54, 1.807) is 39.5 Å². The van der Waals surface area contributed by atoms with Crippen molar-refractivity contribution in [3.05, 3.63) is 29.6 Å². The summed E-state index contributed by atoms with van der Waals surface area (Å²) in [6.07, 6.45) is -1.46. The van der Waals surface area contributed by atoms with Crippen molar-refractivity contribution in [2.45, 2.75) is 116 Å². The van der Waals surface area contributed by atoms with Crippen LogP contribution in [0.15, 0.2) is 23.1 Å². The Labute approximate surface area is 237 Å². The molecule has 0 radical (unpaired) electrons. The molecule has 2 rings (SSSR count). The number of carbonyl (C=O) groups is 2. The summed E-state index contributed by atoms with van der Waals surface area (Å²) in [5, 5.41) is 14.4. The normalized spacial score (nSPS) is 21.8. The van der Waals surface area contributed by atoms with Crippen LogP contribution in [0.2, 0.25) is 0 Å². The second kappa shape index (κ2) is 14.1. The molecule has 1 aromatic rings. The van der Waals surface area contributed by atoms with Gasteiger partial charge in [-0.1, -0.05) is 27.7 Å². The zero-order valence-corrected chi connectivity index (χ0v) is 25.7. The van der Waals surface area contributed by atoms with Gasteiger partial charge >= 0.3 is 6.09 Å². The molecule has 1 fully saturated rings. The standard InChI is InChI=1S/C29H47FN2O6S/c1-10-11-39-22-13-20(12-21(30)15-22)14-23(31-19(3)33)25(34)24-16-36-26(37-17-28(4,5)6)18(2)32(24)27(35)38-29(7,8)9/h12-13,15,18,23-26,34H,10-11,14,16-17H2,1-9H3,(H,31,33)/t18-,23-,24+,25-,26-/m0/s1. The van der Waals surface area contributed by atoms with Gasteiger partial charge in [0, 0.05) is 11.8 Å². The number of benzene rings is 1. The molecule has 0 unspecified atom stereocenters. The molecule has 0 bridgehead atoms. The first-order chi connectivity index (χ1) is 18.0. The highest BCUT2D eigenvalue weighted by molar-refractivity contribution is 7.99. The molecule has 1 aromatic carbocycles. The molecule has 2 amide bonds. The number of rotatable bonds is 10. The van der Waals surface area contributed by atoms with E-state index in [1.807, 2.05) is 26.8 Å². The first-order valence-electron chi connectivity index (χ1n) is 13.6. The molecule has 8 nitrogen and oxygen atoms in total. The lowest BCUT2D eigenvalue weighted by Gasteiger charge is -2.47. The van der Waals surface area contributed by atoms with Gasteiger partial charge in [-0.2, -0.15) is 0 Å². The number of aliphatic hydroxyl groups is 1. The lowest BCUT2D eigenvalue weighted by atomic mass is 9.94. The van der Waals surface area contributed by atoms with Crippen molar-refractivity contribution in [1.29, 1.82) is 0 Å². The topological polar surface area (TPSA) is 97.3 Å². The molecular weight excluding hydrogens is 523 g/mol. The Morgan fingerprint density at radius 2 is 1.90 bits per heavy atom. The van der Waals surface area contributed by atoms with Crippen molar-refractivity contribution in [2.75, 3.05) is 19.0 Å². The number of hydrogen-bond acceptors (Lipinski definition) is 7. The smallest absolute Gasteiger partial charge is 0.411 e. The van der Waals surface area contributed by atoms with Gasteiger partial charge in [0.1, 0.15) is 11.4 Å². The Morgan fingerprint density at radius 1 is 1.23 bits per heavy atom. The van der Waals surface area contributed by atoms with E-state index in [9.17, 15) is 19.1 Å². The number of ether oxygens (including phenoxy) is 3. The van der Waals surface area contributed by atoms with Crippen LogP contribution in [0.1, 0.15) is 74.3 Å². The molecule has 0 aromatic heterocycles. The highest BCUT2D eigenvalue weighted by atomic mass is 32.2. The van der Waals surface area contributed by atoms with Gasteiger partial charge in [-0.15, -0.1) is 11.8 Å². The second-order valence-corrected chi connectivity index (χ2v) is 13.6. The molecule has 10 heteroatoms. The maximum Gasteiger partial charge on any atom is 0.411 e. The van der Waals surface area contributed by atoms with Crippen LogP contribution in [0.3, 0.4) is 0 Å². The lowest BCUT2D eigenvalue weighted by molar-refractivity contribution is -0.233. The van der Waals surface area contributed by atoms with Crippen LogP contribution >= 0.6 is 11.8 Å². The van der Waals surface area contributed by atoms with Gasteiger partial charge in [-0.25, -0.2) is 9.18 Å². The fourth-order valence-electron chi connectivity index (χ4n) is 4.33. The third kappa shape index (κ3) is 10.9. The Bertz CT molecular complexity index is 964. The number of amides is 2. The van der Waals surface area contributed by atoms with Crippen molar-refractivity contribution in [2.24, 2.45) is 5.41 Å². The van der Waals surface area contributed by atoms with Gasteiger partial charge in [-0.05, 0) is 75.5 Å². The zero-order chi connectivity index (χ0) is 29.5. The minimum Gasteiger partial charge on any atom is -0.444 e. The first-order valence-corrected chi connectivity index (χ1v) is 14.6. The molecule has 1 saturated heterocycles. The minimum absolute atomic E-state index is 0.0314. The number of nitrogens with zero attached hydrogens (tertiary/aromatic N) is 1. The summed E-state index contributed by atoms with van der Waals surface area (Å²) < 4.78 is 32.1. The number of thioether (sulfide) groups is 1.